The van der Waals surface area contributed by atoms with Gasteiger partial charge < -0.3 is 4.90 Å². The highest BCUT2D eigenvalue weighted by Gasteiger charge is 2.44. The van der Waals surface area contributed by atoms with E-state index in [1.165, 1.54) is 12.8 Å². The molecule has 3 fully saturated rings. The summed E-state index contributed by atoms with van der Waals surface area (Å²) in [5.74, 6) is -2.61. The number of hydrogen-bond acceptors (Lipinski definition) is 7. The van der Waals surface area contributed by atoms with Crippen molar-refractivity contribution in [1.82, 2.24) is 25.1 Å². The highest BCUT2D eigenvalue weighted by Crippen LogP contribution is 2.54. The number of nitrogens with one attached hydrogen (secondary N) is 1. The van der Waals surface area contributed by atoms with Gasteiger partial charge in [0, 0.05) is 25.9 Å². The molecule has 3 aliphatic rings. The molecule has 0 atom stereocenters. The third kappa shape index (κ3) is 5.33. The summed E-state index contributed by atoms with van der Waals surface area (Å²) in [4.78, 5) is 6.55. The lowest BCUT2D eigenvalue weighted by Crippen LogP contribution is -2.46. The van der Waals surface area contributed by atoms with Crippen LogP contribution < -0.4 is 14.3 Å². The van der Waals surface area contributed by atoms with E-state index in [9.17, 15) is 17.2 Å². The van der Waals surface area contributed by atoms with Gasteiger partial charge in [0.15, 0.2) is 11.9 Å². The number of piperidine rings is 1. The minimum atomic E-state index is -3.43. The number of sulfonamides is 1. The molecule has 1 aromatic carbocycles. The Kier molecular flexibility index (Phi) is 6.08. The molecule has 6 rings (SSSR count). The van der Waals surface area contributed by atoms with E-state index in [1.54, 1.807) is 34.2 Å². The van der Waals surface area contributed by atoms with Crippen LogP contribution in [0.25, 0.3) is 17.1 Å². The molecular weight excluding hydrogens is 514 g/mol. The summed E-state index contributed by atoms with van der Waals surface area (Å²) in [6.07, 6.45) is 11.2. The average Bonchev–Trinajstić information content (AvgIpc) is 3.44. The third-order valence-electron chi connectivity index (χ3n) is 8.07. The van der Waals surface area contributed by atoms with Crippen molar-refractivity contribution in [2.75, 3.05) is 29.0 Å². The number of rotatable bonds is 6. The Morgan fingerprint density at radius 2 is 1.76 bits per heavy atom. The quantitative estimate of drug-likeness (QED) is 0.472. The summed E-state index contributed by atoms with van der Waals surface area (Å²) < 4.78 is 56.8. The molecule has 3 heterocycles. The van der Waals surface area contributed by atoms with E-state index in [4.69, 9.17) is 0 Å². The SMILES string of the molecule is CS(=O)(=O)Nc1ccc(-n2cc(-c3cnc[n+](C4CCC(F)(F)CC4)n3)nn2)c(N2CCC3(CC2)CC3)c1. The van der Waals surface area contributed by atoms with Gasteiger partial charge in [0.25, 0.3) is 0 Å². The number of halogens is 2. The van der Waals surface area contributed by atoms with Crippen molar-refractivity contribution in [3.63, 3.8) is 0 Å². The topological polar surface area (TPSA) is 110 Å². The van der Waals surface area contributed by atoms with Crippen molar-refractivity contribution in [2.24, 2.45) is 5.41 Å². The van der Waals surface area contributed by atoms with Crippen LogP contribution in [0.2, 0.25) is 0 Å². The molecule has 1 N–H and O–H groups in total. The van der Waals surface area contributed by atoms with E-state index in [2.05, 4.69) is 30.0 Å². The molecule has 1 spiro atoms. The van der Waals surface area contributed by atoms with Crippen LogP contribution in [0.5, 0.6) is 0 Å². The van der Waals surface area contributed by atoms with Gasteiger partial charge in [-0.2, -0.15) is 0 Å². The highest BCUT2D eigenvalue weighted by atomic mass is 32.2. The number of nitrogens with zero attached hydrogens (tertiary/aromatic N) is 7. The van der Waals surface area contributed by atoms with Crippen molar-refractivity contribution in [1.29, 1.82) is 0 Å². The van der Waals surface area contributed by atoms with Crippen LogP contribution in [0, 0.1) is 5.41 Å². The number of anilines is 2. The van der Waals surface area contributed by atoms with E-state index in [-0.39, 0.29) is 18.9 Å². The highest BCUT2D eigenvalue weighted by molar-refractivity contribution is 7.92. The Labute approximate surface area is 220 Å². The number of hydrogen-bond donors (Lipinski definition) is 1. The summed E-state index contributed by atoms with van der Waals surface area (Å²) in [6.45, 7) is 1.78. The van der Waals surface area contributed by atoms with Gasteiger partial charge in [-0.3, -0.25) is 4.72 Å². The van der Waals surface area contributed by atoms with E-state index < -0.39 is 15.9 Å². The summed E-state index contributed by atoms with van der Waals surface area (Å²) in [5, 5.41) is 13.3. The van der Waals surface area contributed by atoms with Crippen molar-refractivity contribution in [3.8, 4) is 17.1 Å². The second-order valence-corrected chi connectivity index (χ2v) is 12.7. The minimum absolute atomic E-state index is 0.132. The first-order valence-corrected chi connectivity index (χ1v) is 14.9. The molecule has 3 aromatic rings. The Morgan fingerprint density at radius 3 is 2.45 bits per heavy atom. The normalized spacial score (nSPS) is 21.0. The van der Waals surface area contributed by atoms with E-state index in [1.807, 2.05) is 12.1 Å². The summed E-state index contributed by atoms with van der Waals surface area (Å²) in [7, 11) is -3.43. The third-order valence-corrected chi connectivity index (χ3v) is 8.68. The molecular formula is C25H31F2N8O2S+. The first kappa shape index (κ1) is 25.1. The van der Waals surface area contributed by atoms with E-state index in [0.29, 0.717) is 35.3 Å². The monoisotopic (exact) mass is 545 g/mol. The molecule has 13 heteroatoms. The minimum Gasteiger partial charge on any atom is -0.370 e. The summed E-state index contributed by atoms with van der Waals surface area (Å²) >= 11 is 0. The zero-order valence-corrected chi connectivity index (χ0v) is 22.0. The van der Waals surface area contributed by atoms with Crippen molar-refractivity contribution in [2.45, 2.75) is 63.3 Å². The van der Waals surface area contributed by atoms with Crippen LogP contribution >= 0.6 is 0 Å². The zero-order chi connectivity index (χ0) is 26.5. The lowest BCUT2D eigenvalue weighted by atomic mass is 9.92. The lowest BCUT2D eigenvalue weighted by Gasteiger charge is -2.35. The largest absolute Gasteiger partial charge is 0.370 e. The van der Waals surface area contributed by atoms with Crippen LogP contribution in [-0.4, -0.2) is 58.8 Å². The number of alkyl halides is 2. The van der Waals surface area contributed by atoms with Gasteiger partial charge in [-0.1, -0.05) is 15.3 Å². The zero-order valence-electron chi connectivity index (χ0n) is 21.2. The second kappa shape index (κ2) is 9.21. The van der Waals surface area contributed by atoms with E-state index >= 15 is 0 Å². The average molecular weight is 546 g/mol. The Hall–Kier alpha value is -3.22. The predicted molar refractivity (Wildman–Crippen MR) is 137 cm³/mol. The fraction of sp³-hybridized carbons (Fsp3) is 0.560. The Morgan fingerprint density at radius 1 is 1.03 bits per heavy atom. The molecule has 0 radical (unpaired) electrons. The molecule has 1 saturated heterocycles. The maximum Gasteiger partial charge on any atom is 0.306 e. The van der Waals surface area contributed by atoms with Gasteiger partial charge in [0.2, 0.25) is 15.9 Å². The smallest absolute Gasteiger partial charge is 0.306 e. The lowest BCUT2D eigenvalue weighted by molar-refractivity contribution is -0.782. The van der Waals surface area contributed by atoms with Gasteiger partial charge >= 0.3 is 6.33 Å². The predicted octanol–water partition coefficient (Wildman–Crippen LogP) is 3.51. The first-order valence-electron chi connectivity index (χ1n) is 13.0. The van der Waals surface area contributed by atoms with Gasteiger partial charge in [-0.25, -0.2) is 21.9 Å². The van der Waals surface area contributed by atoms with Crippen LogP contribution in [0.1, 0.15) is 57.4 Å². The number of benzene rings is 1. The standard InChI is InChI=1S/C25H31F2N8O2S/c1-38(36,37)31-18-2-3-22(23(14-18)33-12-10-24(8-9-24)11-13-33)34-16-21(29-32-34)20-15-28-17-35(30-20)19-4-6-25(26,27)7-5-19/h2-3,14-17,19,31H,4-13H2,1H3/q+1. The summed E-state index contributed by atoms with van der Waals surface area (Å²) in [5.41, 5.74) is 3.65. The Balaban J connectivity index is 1.28. The maximum absolute atomic E-state index is 13.6. The molecule has 0 amide bonds. The van der Waals surface area contributed by atoms with Gasteiger partial charge in [0.05, 0.1) is 29.5 Å². The van der Waals surface area contributed by atoms with Crippen LogP contribution in [0.4, 0.5) is 20.2 Å². The van der Waals surface area contributed by atoms with Gasteiger partial charge in [0.1, 0.15) is 11.7 Å². The molecule has 2 aliphatic carbocycles. The summed E-state index contributed by atoms with van der Waals surface area (Å²) in [6, 6.07) is 5.26. The molecule has 2 aromatic heterocycles. The molecule has 202 valence electrons. The Bertz CT molecular complexity index is 1440. The van der Waals surface area contributed by atoms with Crippen molar-refractivity contribution in [3.05, 3.63) is 36.9 Å². The van der Waals surface area contributed by atoms with Crippen LogP contribution in [0.15, 0.2) is 36.9 Å². The molecule has 2 saturated carbocycles. The van der Waals surface area contributed by atoms with Gasteiger partial charge in [-0.15, -0.1) is 9.78 Å². The van der Waals surface area contributed by atoms with Gasteiger partial charge in [-0.05, 0) is 62.1 Å². The molecule has 0 bridgehead atoms. The van der Waals surface area contributed by atoms with Crippen LogP contribution in [0.3, 0.4) is 0 Å². The van der Waals surface area contributed by atoms with Crippen molar-refractivity contribution < 1.29 is 21.9 Å². The fourth-order valence-electron chi connectivity index (χ4n) is 5.58. The maximum atomic E-state index is 13.6. The molecule has 10 nitrogen and oxygen atoms in total. The van der Waals surface area contributed by atoms with Crippen LogP contribution in [-0.2, 0) is 10.0 Å². The van der Waals surface area contributed by atoms with Crippen molar-refractivity contribution >= 4 is 21.4 Å². The molecule has 1 aliphatic heterocycles. The van der Waals surface area contributed by atoms with E-state index in [0.717, 1.165) is 43.6 Å². The fourth-order valence-corrected chi connectivity index (χ4v) is 6.13. The number of aromatic nitrogens is 6. The molecule has 0 unspecified atom stereocenters. The molecule has 38 heavy (non-hydrogen) atoms. The second-order valence-electron chi connectivity index (χ2n) is 11.0. The first-order chi connectivity index (χ1) is 18.1.